The predicted molar refractivity (Wildman–Crippen MR) is 83.2 cm³/mol. The standard InChI is InChI=1S/C17H21NO3/c1-19-16-8-4-5-9-17(16)21-13-12-20-15-7-3-2-6-14(15)10-11-18/h2-9H,10-13,18H2,1H3. The summed E-state index contributed by atoms with van der Waals surface area (Å²) in [7, 11) is 1.63. The Bertz CT molecular complexity index is 557. The molecule has 0 bridgehead atoms. The van der Waals surface area contributed by atoms with Crippen molar-refractivity contribution in [3.63, 3.8) is 0 Å². The van der Waals surface area contributed by atoms with E-state index in [0.29, 0.717) is 19.8 Å². The lowest BCUT2D eigenvalue weighted by molar-refractivity contribution is 0.210. The van der Waals surface area contributed by atoms with Crippen LogP contribution in [0.1, 0.15) is 5.56 Å². The van der Waals surface area contributed by atoms with Crippen LogP contribution in [0.25, 0.3) is 0 Å². The molecule has 0 atom stereocenters. The van der Waals surface area contributed by atoms with E-state index in [1.165, 1.54) is 0 Å². The summed E-state index contributed by atoms with van der Waals surface area (Å²) in [6, 6.07) is 15.5. The van der Waals surface area contributed by atoms with Gasteiger partial charge in [-0.1, -0.05) is 30.3 Å². The smallest absolute Gasteiger partial charge is 0.161 e. The quantitative estimate of drug-likeness (QED) is 0.758. The van der Waals surface area contributed by atoms with Crippen LogP contribution in [0.4, 0.5) is 0 Å². The van der Waals surface area contributed by atoms with Crippen LogP contribution in [-0.2, 0) is 6.42 Å². The lowest BCUT2D eigenvalue weighted by Gasteiger charge is -2.13. The number of rotatable bonds is 8. The van der Waals surface area contributed by atoms with Crippen molar-refractivity contribution in [1.82, 2.24) is 0 Å². The first-order valence-corrected chi connectivity index (χ1v) is 7.01. The second-order valence-electron chi connectivity index (χ2n) is 4.49. The van der Waals surface area contributed by atoms with E-state index in [0.717, 1.165) is 29.2 Å². The van der Waals surface area contributed by atoms with E-state index in [4.69, 9.17) is 19.9 Å². The van der Waals surface area contributed by atoms with Gasteiger partial charge in [-0.15, -0.1) is 0 Å². The molecule has 0 aliphatic heterocycles. The zero-order valence-corrected chi connectivity index (χ0v) is 12.2. The highest BCUT2D eigenvalue weighted by molar-refractivity contribution is 5.39. The molecule has 4 heteroatoms. The van der Waals surface area contributed by atoms with Crippen molar-refractivity contribution in [3.8, 4) is 17.2 Å². The SMILES string of the molecule is COc1ccccc1OCCOc1ccccc1CCN. The van der Waals surface area contributed by atoms with Crippen molar-refractivity contribution >= 4 is 0 Å². The lowest BCUT2D eigenvalue weighted by Crippen LogP contribution is -2.11. The molecule has 21 heavy (non-hydrogen) atoms. The number of methoxy groups -OCH3 is 1. The maximum absolute atomic E-state index is 5.76. The highest BCUT2D eigenvalue weighted by atomic mass is 16.5. The minimum absolute atomic E-state index is 0.456. The Kier molecular flexibility index (Phi) is 5.91. The summed E-state index contributed by atoms with van der Waals surface area (Å²) >= 11 is 0. The van der Waals surface area contributed by atoms with Gasteiger partial charge < -0.3 is 19.9 Å². The van der Waals surface area contributed by atoms with Gasteiger partial charge in [-0.3, -0.25) is 0 Å². The largest absolute Gasteiger partial charge is 0.493 e. The van der Waals surface area contributed by atoms with Crippen LogP contribution < -0.4 is 19.9 Å². The molecule has 2 rings (SSSR count). The summed E-state index contributed by atoms with van der Waals surface area (Å²) in [5, 5.41) is 0. The van der Waals surface area contributed by atoms with Gasteiger partial charge in [0.15, 0.2) is 11.5 Å². The van der Waals surface area contributed by atoms with Crippen molar-refractivity contribution in [2.75, 3.05) is 26.9 Å². The minimum atomic E-state index is 0.456. The number of para-hydroxylation sites is 3. The van der Waals surface area contributed by atoms with Gasteiger partial charge in [-0.25, -0.2) is 0 Å². The van der Waals surface area contributed by atoms with Crippen LogP contribution in [0.2, 0.25) is 0 Å². The van der Waals surface area contributed by atoms with E-state index < -0.39 is 0 Å². The molecule has 0 spiro atoms. The molecule has 0 unspecified atom stereocenters. The van der Waals surface area contributed by atoms with Crippen LogP contribution in [0.3, 0.4) is 0 Å². The first-order valence-electron chi connectivity index (χ1n) is 7.01. The van der Waals surface area contributed by atoms with E-state index in [1.807, 2.05) is 48.5 Å². The van der Waals surface area contributed by atoms with E-state index >= 15 is 0 Å². The van der Waals surface area contributed by atoms with E-state index in [-0.39, 0.29) is 0 Å². The van der Waals surface area contributed by atoms with Crippen molar-refractivity contribution in [1.29, 1.82) is 0 Å². The molecular weight excluding hydrogens is 266 g/mol. The van der Waals surface area contributed by atoms with Crippen LogP contribution in [0.5, 0.6) is 17.2 Å². The number of hydrogen-bond donors (Lipinski definition) is 1. The third-order valence-corrected chi connectivity index (χ3v) is 3.05. The van der Waals surface area contributed by atoms with E-state index in [9.17, 15) is 0 Å². The molecule has 2 aromatic carbocycles. The molecule has 2 aromatic rings. The van der Waals surface area contributed by atoms with Gasteiger partial charge in [0.25, 0.3) is 0 Å². The Labute approximate surface area is 125 Å². The van der Waals surface area contributed by atoms with Gasteiger partial charge in [-0.05, 0) is 36.7 Å². The first kappa shape index (κ1) is 15.2. The van der Waals surface area contributed by atoms with Gasteiger partial charge >= 0.3 is 0 Å². The highest BCUT2D eigenvalue weighted by Gasteiger charge is 2.04. The Morgan fingerprint density at radius 2 is 1.38 bits per heavy atom. The molecule has 0 fully saturated rings. The van der Waals surface area contributed by atoms with Crippen LogP contribution in [-0.4, -0.2) is 26.9 Å². The van der Waals surface area contributed by atoms with Gasteiger partial charge in [0.2, 0.25) is 0 Å². The molecule has 0 radical (unpaired) electrons. The van der Waals surface area contributed by atoms with Crippen LogP contribution in [0, 0.1) is 0 Å². The number of hydrogen-bond acceptors (Lipinski definition) is 4. The summed E-state index contributed by atoms with van der Waals surface area (Å²) in [5.41, 5.74) is 6.72. The average molecular weight is 287 g/mol. The van der Waals surface area contributed by atoms with Gasteiger partial charge in [-0.2, -0.15) is 0 Å². The zero-order valence-electron chi connectivity index (χ0n) is 12.2. The molecule has 4 nitrogen and oxygen atoms in total. The summed E-state index contributed by atoms with van der Waals surface area (Å²) in [6.45, 7) is 1.54. The molecule has 0 aliphatic rings. The number of nitrogens with two attached hydrogens (primary N) is 1. The highest BCUT2D eigenvalue weighted by Crippen LogP contribution is 2.25. The van der Waals surface area contributed by atoms with Crippen molar-refractivity contribution < 1.29 is 14.2 Å². The maximum Gasteiger partial charge on any atom is 0.161 e. The Hall–Kier alpha value is -2.20. The molecule has 0 heterocycles. The summed E-state index contributed by atoms with van der Waals surface area (Å²) in [5.74, 6) is 2.31. The molecule has 112 valence electrons. The third kappa shape index (κ3) is 4.39. The Morgan fingerprint density at radius 3 is 2.05 bits per heavy atom. The number of ether oxygens (including phenoxy) is 3. The lowest BCUT2D eigenvalue weighted by atomic mass is 10.1. The van der Waals surface area contributed by atoms with Crippen LogP contribution >= 0.6 is 0 Å². The maximum atomic E-state index is 5.76. The second-order valence-corrected chi connectivity index (χ2v) is 4.49. The second kappa shape index (κ2) is 8.17. The van der Waals surface area contributed by atoms with Gasteiger partial charge in [0.05, 0.1) is 7.11 Å². The number of benzene rings is 2. The minimum Gasteiger partial charge on any atom is -0.493 e. The molecule has 0 aliphatic carbocycles. The van der Waals surface area contributed by atoms with Crippen LogP contribution in [0.15, 0.2) is 48.5 Å². The molecule has 0 saturated heterocycles. The van der Waals surface area contributed by atoms with Crippen molar-refractivity contribution in [2.45, 2.75) is 6.42 Å². The first-order chi connectivity index (χ1) is 10.3. The topological polar surface area (TPSA) is 53.7 Å². The average Bonchev–Trinajstić information content (AvgIpc) is 2.53. The summed E-state index contributed by atoms with van der Waals surface area (Å²) < 4.78 is 16.7. The molecule has 0 saturated carbocycles. The van der Waals surface area contributed by atoms with E-state index in [2.05, 4.69) is 0 Å². The van der Waals surface area contributed by atoms with Gasteiger partial charge in [0, 0.05) is 0 Å². The zero-order chi connectivity index (χ0) is 14.9. The summed E-state index contributed by atoms with van der Waals surface area (Å²) in [6.07, 6.45) is 0.809. The fourth-order valence-electron chi connectivity index (χ4n) is 2.05. The van der Waals surface area contributed by atoms with Crippen molar-refractivity contribution in [2.24, 2.45) is 5.73 Å². The third-order valence-electron chi connectivity index (χ3n) is 3.05. The normalized spacial score (nSPS) is 10.2. The molecule has 0 aromatic heterocycles. The molecule has 0 amide bonds. The fourth-order valence-corrected chi connectivity index (χ4v) is 2.05. The summed E-state index contributed by atoms with van der Waals surface area (Å²) in [4.78, 5) is 0. The van der Waals surface area contributed by atoms with Gasteiger partial charge in [0.1, 0.15) is 19.0 Å². The monoisotopic (exact) mass is 287 g/mol. The Balaban J connectivity index is 1.85. The Morgan fingerprint density at radius 1 is 0.810 bits per heavy atom. The molecule has 2 N–H and O–H groups in total. The van der Waals surface area contributed by atoms with Crippen molar-refractivity contribution in [3.05, 3.63) is 54.1 Å². The fraction of sp³-hybridized carbons (Fsp3) is 0.294. The predicted octanol–water partition coefficient (Wildman–Crippen LogP) is 2.65. The molecular formula is C17H21NO3. The van der Waals surface area contributed by atoms with E-state index in [1.54, 1.807) is 7.11 Å².